The van der Waals surface area contributed by atoms with Crippen LogP contribution in [0.25, 0.3) is 0 Å². The van der Waals surface area contributed by atoms with Crippen molar-refractivity contribution in [2.75, 3.05) is 0 Å². The van der Waals surface area contributed by atoms with E-state index in [0.29, 0.717) is 0 Å². The molecule has 10 heteroatoms. The molecule has 0 aliphatic carbocycles. The SMILES string of the molecule is CC(=O)OC(OC(C)=O)[C@@]1(OC(C)=O)C=C[C@H]([N+](=O)[O-])O1. The van der Waals surface area contributed by atoms with Gasteiger partial charge in [0.15, 0.2) is 0 Å². The molecule has 116 valence electrons. The zero-order valence-electron chi connectivity index (χ0n) is 11.4. The van der Waals surface area contributed by atoms with E-state index in [2.05, 4.69) is 0 Å². The first kappa shape index (κ1) is 16.6. The first-order valence-corrected chi connectivity index (χ1v) is 5.71. The van der Waals surface area contributed by atoms with E-state index >= 15 is 0 Å². The summed E-state index contributed by atoms with van der Waals surface area (Å²) >= 11 is 0. The number of ether oxygens (including phenoxy) is 4. The molecule has 0 spiro atoms. The molecular formula is C11H13NO9. The lowest BCUT2D eigenvalue weighted by molar-refractivity contribution is -0.574. The molecule has 0 saturated heterocycles. The van der Waals surface area contributed by atoms with Crippen LogP contribution in [0.1, 0.15) is 20.8 Å². The van der Waals surface area contributed by atoms with Gasteiger partial charge < -0.3 is 14.2 Å². The highest BCUT2D eigenvalue weighted by Gasteiger charge is 2.54. The largest absolute Gasteiger partial charge is 0.421 e. The van der Waals surface area contributed by atoms with Crippen LogP contribution in [0.3, 0.4) is 0 Å². The highest BCUT2D eigenvalue weighted by Crippen LogP contribution is 2.32. The Labute approximate surface area is 118 Å². The second-order valence-corrected chi connectivity index (χ2v) is 4.02. The van der Waals surface area contributed by atoms with Gasteiger partial charge >= 0.3 is 36.2 Å². The summed E-state index contributed by atoms with van der Waals surface area (Å²) in [4.78, 5) is 43.2. The van der Waals surface area contributed by atoms with Gasteiger partial charge in [-0.25, -0.2) is 0 Å². The summed E-state index contributed by atoms with van der Waals surface area (Å²) in [5.74, 6) is -4.82. The number of esters is 3. The summed E-state index contributed by atoms with van der Waals surface area (Å²) in [5, 5.41) is 10.7. The Kier molecular flexibility index (Phi) is 4.97. The number of nitro groups is 1. The van der Waals surface area contributed by atoms with E-state index in [1.807, 2.05) is 0 Å². The molecule has 1 rings (SSSR count). The second kappa shape index (κ2) is 6.31. The maximum absolute atomic E-state index is 11.2. The zero-order valence-corrected chi connectivity index (χ0v) is 11.4. The average Bonchev–Trinajstić information content (AvgIpc) is 2.71. The van der Waals surface area contributed by atoms with Gasteiger partial charge in [0, 0.05) is 32.9 Å². The lowest BCUT2D eigenvalue weighted by Gasteiger charge is -2.32. The topological polar surface area (TPSA) is 131 Å². The van der Waals surface area contributed by atoms with Crippen LogP contribution < -0.4 is 0 Å². The van der Waals surface area contributed by atoms with E-state index in [1.165, 1.54) is 0 Å². The lowest BCUT2D eigenvalue weighted by atomic mass is 10.2. The summed E-state index contributed by atoms with van der Waals surface area (Å²) in [7, 11) is 0. The molecule has 0 radical (unpaired) electrons. The molecule has 0 saturated carbocycles. The van der Waals surface area contributed by atoms with Crippen LogP contribution in [0.4, 0.5) is 0 Å². The standard InChI is InChI=1S/C11H13NO9/c1-6(13)18-10(19-7(2)14)11(20-8(3)15)5-4-9(21-11)12(16)17/h4-5,9-10H,1-3H3/t9-,11-/m1/s1. The van der Waals surface area contributed by atoms with Crippen LogP contribution in [0.2, 0.25) is 0 Å². The van der Waals surface area contributed by atoms with Crippen LogP contribution in [0, 0.1) is 10.1 Å². The maximum Gasteiger partial charge on any atom is 0.339 e. The molecule has 0 bridgehead atoms. The van der Waals surface area contributed by atoms with E-state index < -0.39 is 41.1 Å². The number of nitrogens with zero attached hydrogens (tertiary/aromatic N) is 1. The van der Waals surface area contributed by atoms with Crippen molar-refractivity contribution < 1.29 is 38.3 Å². The second-order valence-electron chi connectivity index (χ2n) is 4.02. The van der Waals surface area contributed by atoms with Crippen LogP contribution >= 0.6 is 0 Å². The molecule has 2 atom stereocenters. The monoisotopic (exact) mass is 303 g/mol. The fourth-order valence-corrected chi connectivity index (χ4v) is 1.55. The fourth-order valence-electron chi connectivity index (χ4n) is 1.55. The molecule has 1 aliphatic rings. The van der Waals surface area contributed by atoms with E-state index in [4.69, 9.17) is 18.9 Å². The Morgan fingerprint density at radius 1 is 1.19 bits per heavy atom. The molecule has 0 aromatic rings. The quantitative estimate of drug-likeness (QED) is 0.224. The van der Waals surface area contributed by atoms with Crippen molar-refractivity contribution in [3.05, 3.63) is 22.3 Å². The smallest absolute Gasteiger partial charge is 0.339 e. The van der Waals surface area contributed by atoms with Gasteiger partial charge in [-0.3, -0.25) is 29.2 Å². The Morgan fingerprint density at radius 3 is 2.05 bits per heavy atom. The summed E-state index contributed by atoms with van der Waals surface area (Å²) < 4.78 is 19.3. The minimum Gasteiger partial charge on any atom is -0.421 e. The molecule has 1 aliphatic heterocycles. The molecule has 0 N–H and O–H groups in total. The van der Waals surface area contributed by atoms with Crippen molar-refractivity contribution in [3.8, 4) is 0 Å². The van der Waals surface area contributed by atoms with Gasteiger partial charge in [-0.2, -0.15) is 0 Å². The normalized spacial score (nSPS) is 23.7. The Balaban J connectivity index is 3.11. The maximum atomic E-state index is 11.2. The third-order valence-corrected chi connectivity index (χ3v) is 2.18. The Hall–Kier alpha value is -2.49. The van der Waals surface area contributed by atoms with Crippen LogP contribution in [0.5, 0.6) is 0 Å². The summed E-state index contributed by atoms with van der Waals surface area (Å²) in [6.07, 6.45) is -1.49. The number of rotatable bonds is 5. The van der Waals surface area contributed by atoms with Crippen molar-refractivity contribution in [1.82, 2.24) is 0 Å². The van der Waals surface area contributed by atoms with E-state index in [-0.39, 0.29) is 0 Å². The van der Waals surface area contributed by atoms with Gasteiger partial charge in [0.2, 0.25) is 0 Å². The van der Waals surface area contributed by atoms with Gasteiger partial charge in [0.05, 0.1) is 4.92 Å². The Bertz CT molecular complexity index is 484. The third kappa shape index (κ3) is 4.24. The summed E-state index contributed by atoms with van der Waals surface area (Å²) in [5.41, 5.74) is 0. The lowest BCUT2D eigenvalue weighted by Crippen LogP contribution is -2.50. The predicted octanol–water partition coefficient (Wildman–Crippen LogP) is -0.113. The van der Waals surface area contributed by atoms with Gasteiger partial charge in [0.1, 0.15) is 0 Å². The molecule has 0 unspecified atom stereocenters. The van der Waals surface area contributed by atoms with Crippen molar-refractivity contribution in [2.45, 2.75) is 39.1 Å². The Morgan fingerprint density at radius 2 is 1.71 bits per heavy atom. The predicted molar refractivity (Wildman–Crippen MR) is 62.8 cm³/mol. The third-order valence-electron chi connectivity index (χ3n) is 2.18. The first-order chi connectivity index (χ1) is 9.66. The minimum atomic E-state index is -2.21. The number of hydrogen-bond donors (Lipinski definition) is 0. The average molecular weight is 303 g/mol. The van der Waals surface area contributed by atoms with Gasteiger partial charge in [0.25, 0.3) is 0 Å². The summed E-state index contributed by atoms with van der Waals surface area (Å²) in [6, 6.07) is 0. The van der Waals surface area contributed by atoms with Gasteiger partial charge in [-0.05, 0) is 0 Å². The fraction of sp³-hybridized carbons (Fsp3) is 0.545. The van der Waals surface area contributed by atoms with Crippen molar-refractivity contribution >= 4 is 17.9 Å². The van der Waals surface area contributed by atoms with Crippen LogP contribution in [-0.4, -0.2) is 41.1 Å². The molecule has 1 heterocycles. The van der Waals surface area contributed by atoms with E-state index in [1.54, 1.807) is 0 Å². The number of carbonyl (C=O) groups excluding carboxylic acids is 3. The molecule has 0 aromatic heterocycles. The minimum absolute atomic E-state index is 0.805. The highest BCUT2D eigenvalue weighted by atomic mass is 16.8. The first-order valence-electron chi connectivity index (χ1n) is 5.71. The molecule has 0 aromatic carbocycles. The van der Waals surface area contributed by atoms with E-state index in [0.717, 1.165) is 32.9 Å². The van der Waals surface area contributed by atoms with Gasteiger partial charge in [-0.15, -0.1) is 0 Å². The molecule has 10 nitrogen and oxygen atoms in total. The van der Waals surface area contributed by atoms with Crippen LogP contribution in [0.15, 0.2) is 12.2 Å². The molecular weight excluding hydrogens is 290 g/mol. The molecule has 0 fully saturated rings. The van der Waals surface area contributed by atoms with Crippen LogP contribution in [-0.2, 0) is 33.3 Å². The van der Waals surface area contributed by atoms with Gasteiger partial charge in [-0.1, -0.05) is 0 Å². The molecule has 21 heavy (non-hydrogen) atoms. The van der Waals surface area contributed by atoms with Crippen molar-refractivity contribution in [2.24, 2.45) is 0 Å². The summed E-state index contributed by atoms with van der Waals surface area (Å²) in [6.45, 7) is 3.04. The van der Waals surface area contributed by atoms with E-state index in [9.17, 15) is 24.5 Å². The number of hydrogen-bond acceptors (Lipinski definition) is 9. The number of carbonyl (C=O) groups is 3. The van der Waals surface area contributed by atoms with Crippen molar-refractivity contribution in [3.63, 3.8) is 0 Å². The van der Waals surface area contributed by atoms with Crippen molar-refractivity contribution in [1.29, 1.82) is 0 Å². The highest BCUT2D eigenvalue weighted by molar-refractivity contribution is 5.69. The molecule has 0 amide bonds. The zero-order chi connectivity index (χ0) is 16.2.